The van der Waals surface area contributed by atoms with Crippen molar-refractivity contribution in [2.24, 2.45) is 0 Å². The number of fused-ring (bicyclic) bond motifs is 1. The van der Waals surface area contributed by atoms with E-state index in [9.17, 15) is 10.2 Å². The van der Waals surface area contributed by atoms with Gasteiger partial charge in [-0.2, -0.15) is 0 Å². The van der Waals surface area contributed by atoms with Crippen LogP contribution in [0.25, 0.3) is 0 Å². The van der Waals surface area contributed by atoms with Crippen molar-refractivity contribution in [3.05, 3.63) is 35.9 Å². The molecule has 1 aromatic carbocycles. The molecule has 0 aromatic heterocycles. The van der Waals surface area contributed by atoms with Crippen molar-refractivity contribution in [2.75, 3.05) is 20.8 Å². The lowest BCUT2D eigenvalue weighted by molar-refractivity contribution is -0.480. The second-order valence-corrected chi connectivity index (χ2v) is 6.98. The van der Waals surface area contributed by atoms with Gasteiger partial charge in [0, 0.05) is 14.2 Å². The summed E-state index contributed by atoms with van der Waals surface area (Å²) >= 11 is 0. The fourth-order valence-corrected chi connectivity index (χ4v) is 3.41. The van der Waals surface area contributed by atoms with E-state index in [1.165, 1.54) is 14.2 Å². The van der Waals surface area contributed by atoms with Crippen molar-refractivity contribution < 1.29 is 38.6 Å². The number of hydrogen-bond donors (Lipinski definition) is 2. The normalized spacial score (nSPS) is 41.9. The molecule has 3 rings (SSSR count). The summed E-state index contributed by atoms with van der Waals surface area (Å²) < 4.78 is 34.6. The molecule has 152 valence electrons. The first-order valence-corrected chi connectivity index (χ1v) is 8.93. The lowest BCUT2D eigenvalue weighted by Crippen LogP contribution is -2.73. The maximum atomic E-state index is 10.8. The number of hydrogen-bond acceptors (Lipinski definition) is 8. The molecule has 0 aliphatic carbocycles. The third-order valence-electron chi connectivity index (χ3n) is 5.38. The van der Waals surface area contributed by atoms with E-state index in [4.69, 9.17) is 28.4 Å². The summed E-state index contributed by atoms with van der Waals surface area (Å²) in [5, 5.41) is 20.6. The second kappa shape index (κ2) is 8.10. The molecule has 0 saturated carbocycles. The standard InChI is InChI=1S/C19H28O8/c1-18(22-3)19(2,23-4)27-16-14(21)17(25-13(10-20)15(16)26-18)24-11-12-8-6-5-7-9-12/h5-9,13-17,20-21H,10-11H2,1-4H3/t13-,14-,15-,16-,17-,18-,19-/m1/s1. The van der Waals surface area contributed by atoms with Crippen molar-refractivity contribution in [3.63, 3.8) is 0 Å². The number of aliphatic hydroxyl groups is 2. The molecule has 8 nitrogen and oxygen atoms in total. The largest absolute Gasteiger partial charge is 0.394 e. The molecule has 2 aliphatic rings. The van der Waals surface area contributed by atoms with Crippen LogP contribution in [0.2, 0.25) is 0 Å². The zero-order valence-corrected chi connectivity index (χ0v) is 16.0. The van der Waals surface area contributed by atoms with Crippen molar-refractivity contribution >= 4 is 0 Å². The van der Waals surface area contributed by atoms with E-state index in [0.29, 0.717) is 0 Å². The van der Waals surface area contributed by atoms with Crippen LogP contribution >= 0.6 is 0 Å². The van der Waals surface area contributed by atoms with Crippen molar-refractivity contribution in [1.29, 1.82) is 0 Å². The zero-order chi connectivity index (χ0) is 19.7. The Morgan fingerprint density at radius 3 is 2.15 bits per heavy atom. The molecule has 2 fully saturated rings. The Hall–Kier alpha value is -1.10. The predicted octanol–water partition coefficient (Wildman–Crippen LogP) is 0.790. The Balaban J connectivity index is 1.78. The number of benzene rings is 1. The highest BCUT2D eigenvalue weighted by Crippen LogP contribution is 2.43. The van der Waals surface area contributed by atoms with Gasteiger partial charge in [-0.25, -0.2) is 0 Å². The molecule has 0 spiro atoms. The minimum Gasteiger partial charge on any atom is -0.394 e. The summed E-state index contributed by atoms with van der Waals surface area (Å²) in [6, 6.07) is 9.53. The fourth-order valence-electron chi connectivity index (χ4n) is 3.41. The van der Waals surface area contributed by atoms with Gasteiger partial charge in [-0.15, -0.1) is 0 Å². The van der Waals surface area contributed by atoms with Crippen LogP contribution in [0.5, 0.6) is 0 Å². The van der Waals surface area contributed by atoms with Gasteiger partial charge in [-0.1, -0.05) is 30.3 Å². The maximum Gasteiger partial charge on any atom is 0.220 e. The van der Waals surface area contributed by atoms with E-state index in [-0.39, 0.29) is 13.2 Å². The summed E-state index contributed by atoms with van der Waals surface area (Å²) in [6.07, 6.45) is -4.47. The first kappa shape index (κ1) is 20.6. The van der Waals surface area contributed by atoms with E-state index < -0.39 is 42.3 Å². The highest BCUT2D eigenvalue weighted by atomic mass is 16.8. The van der Waals surface area contributed by atoms with Crippen molar-refractivity contribution in [2.45, 2.75) is 62.7 Å². The number of aliphatic hydroxyl groups excluding tert-OH is 2. The average molecular weight is 384 g/mol. The summed E-state index contributed by atoms with van der Waals surface area (Å²) in [6.45, 7) is 3.26. The second-order valence-electron chi connectivity index (χ2n) is 6.98. The molecule has 2 heterocycles. The van der Waals surface area contributed by atoms with E-state index in [1.807, 2.05) is 30.3 Å². The SMILES string of the molecule is CO[C@]1(C)O[C@@H]2[C@@H](O)[C@H](OCc3ccccc3)O[C@H](CO)[C@H]2O[C@@]1(C)OC. The molecule has 2 saturated heterocycles. The van der Waals surface area contributed by atoms with Crippen LogP contribution in [0.4, 0.5) is 0 Å². The Bertz CT molecular complexity index is 613. The molecule has 0 radical (unpaired) electrons. The quantitative estimate of drug-likeness (QED) is 0.743. The molecule has 2 aliphatic heterocycles. The van der Waals surface area contributed by atoms with E-state index in [1.54, 1.807) is 13.8 Å². The Morgan fingerprint density at radius 1 is 1.00 bits per heavy atom. The molecular formula is C19H28O8. The summed E-state index contributed by atoms with van der Waals surface area (Å²) in [7, 11) is 2.94. The van der Waals surface area contributed by atoms with Crippen LogP contribution in [-0.4, -0.2) is 73.3 Å². The highest BCUT2D eigenvalue weighted by molar-refractivity contribution is 5.13. The Kier molecular flexibility index (Phi) is 6.19. The lowest BCUT2D eigenvalue weighted by atomic mass is 9.94. The third-order valence-corrected chi connectivity index (χ3v) is 5.38. The van der Waals surface area contributed by atoms with Gasteiger partial charge in [-0.3, -0.25) is 0 Å². The van der Waals surface area contributed by atoms with Crippen LogP contribution in [0, 0.1) is 0 Å². The predicted molar refractivity (Wildman–Crippen MR) is 93.6 cm³/mol. The molecule has 7 atom stereocenters. The monoisotopic (exact) mass is 384 g/mol. The Morgan fingerprint density at radius 2 is 1.59 bits per heavy atom. The minimum atomic E-state index is -1.27. The molecule has 0 unspecified atom stereocenters. The lowest BCUT2D eigenvalue weighted by Gasteiger charge is -2.56. The van der Waals surface area contributed by atoms with Crippen LogP contribution < -0.4 is 0 Å². The molecule has 0 bridgehead atoms. The topological polar surface area (TPSA) is 95.8 Å². The first-order chi connectivity index (χ1) is 12.9. The smallest absolute Gasteiger partial charge is 0.220 e. The molecule has 8 heteroatoms. The third kappa shape index (κ3) is 3.76. The van der Waals surface area contributed by atoms with Gasteiger partial charge >= 0.3 is 0 Å². The van der Waals surface area contributed by atoms with Gasteiger partial charge in [0.25, 0.3) is 0 Å². The molecule has 2 N–H and O–H groups in total. The van der Waals surface area contributed by atoms with Crippen molar-refractivity contribution in [3.8, 4) is 0 Å². The van der Waals surface area contributed by atoms with Crippen LogP contribution in [0.3, 0.4) is 0 Å². The van der Waals surface area contributed by atoms with Gasteiger partial charge < -0.3 is 38.6 Å². The Labute approximate surface area is 158 Å². The van der Waals surface area contributed by atoms with E-state index in [2.05, 4.69) is 0 Å². The molecular weight excluding hydrogens is 356 g/mol. The average Bonchev–Trinajstić information content (AvgIpc) is 2.70. The van der Waals surface area contributed by atoms with Crippen molar-refractivity contribution in [1.82, 2.24) is 0 Å². The van der Waals surface area contributed by atoms with E-state index in [0.717, 1.165) is 5.56 Å². The maximum absolute atomic E-state index is 10.8. The highest BCUT2D eigenvalue weighted by Gasteiger charge is 2.62. The van der Waals surface area contributed by atoms with Crippen LogP contribution in [0.15, 0.2) is 30.3 Å². The summed E-state index contributed by atoms with van der Waals surface area (Å²) in [5.74, 6) is -2.53. The number of rotatable bonds is 6. The van der Waals surface area contributed by atoms with Gasteiger partial charge in [0.2, 0.25) is 11.6 Å². The van der Waals surface area contributed by atoms with Gasteiger partial charge in [0.05, 0.1) is 13.2 Å². The molecule has 27 heavy (non-hydrogen) atoms. The van der Waals surface area contributed by atoms with Crippen LogP contribution in [-0.2, 0) is 35.0 Å². The summed E-state index contributed by atoms with van der Waals surface area (Å²) in [5.41, 5.74) is 0.936. The first-order valence-electron chi connectivity index (χ1n) is 8.93. The summed E-state index contributed by atoms with van der Waals surface area (Å²) in [4.78, 5) is 0. The zero-order valence-electron chi connectivity index (χ0n) is 16.0. The van der Waals surface area contributed by atoms with Gasteiger partial charge in [-0.05, 0) is 19.4 Å². The van der Waals surface area contributed by atoms with Crippen LogP contribution in [0.1, 0.15) is 19.4 Å². The minimum absolute atomic E-state index is 0.246. The molecule has 0 amide bonds. The van der Waals surface area contributed by atoms with Gasteiger partial charge in [0.1, 0.15) is 24.4 Å². The number of ether oxygens (including phenoxy) is 6. The van der Waals surface area contributed by atoms with Gasteiger partial charge in [0.15, 0.2) is 6.29 Å². The van der Waals surface area contributed by atoms with E-state index >= 15 is 0 Å². The molecule has 1 aromatic rings. The number of methoxy groups -OCH3 is 2. The fraction of sp³-hybridized carbons (Fsp3) is 0.684.